The third-order valence-corrected chi connectivity index (χ3v) is 4.80. The van der Waals surface area contributed by atoms with E-state index < -0.39 is 0 Å². The summed E-state index contributed by atoms with van der Waals surface area (Å²) >= 11 is 0. The van der Waals surface area contributed by atoms with E-state index in [0.717, 1.165) is 19.6 Å². The van der Waals surface area contributed by atoms with Crippen molar-refractivity contribution in [3.8, 4) is 0 Å². The fourth-order valence-electron chi connectivity index (χ4n) is 3.51. The van der Waals surface area contributed by atoms with Crippen LogP contribution in [0, 0.1) is 5.41 Å². The quantitative estimate of drug-likeness (QED) is 0.773. The zero-order chi connectivity index (χ0) is 14.5. The molecule has 0 amide bonds. The molecule has 2 unspecified atom stereocenters. The maximum Gasteiger partial charge on any atom is 0.0589 e. The number of methoxy groups -OCH3 is 1. The number of hydrogen-bond acceptors (Lipinski definition) is 3. The predicted molar refractivity (Wildman–Crippen MR) is 82.3 cm³/mol. The molecule has 3 heteroatoms. The lowest BCUT2D eigenvalue weighted by Gasteiger charge is -2.47. The number of hydrogen-bond donors (Lipinski definition) is 1. The molecule has 1 rings (SSSR count). The molecule has 2 N–H and O–H groups in total. The van der Waals surface area contributed by atoms with E-state index in [-0.39, 0.29) is 0 Å². The van der Waals surface area contributed by atoms with E-state index in [4.69, 9.17) is 10.5 Å². The smallest absolute Gasteiger partial charge is 0.0589 e. The molecule has 1 aliphatic rings. The Morgan fingerprint density at radius 1 is 1.32 bits per heavy atom. The fourth-order valence-corrected chi connectivity index (χ4v) is 3.51. The topological polar surface area (TPSA) is 38.5 Å². The molecule has 0 bridgehead atoms. The van der Waals surface area contributed by atoms with E-state index in [1.807, 2.05) is 0 Å². The molecule has 0 radical (unpaired) electrons. The molecule has 0 aromatic heterocycles. The molecule has 1 aliphatic carbocycles. The Kier molecular flexibility index (Phi) is 6.78. The zero-order valence-corrected chi connectivity index (χ0v) is 13.6. The Morgan fingerprint density at radius 3 is 2.47 bits per heavy atom. The molecule has 114 valence electrons. The molecular weight excluding hydrogens is 236 g/mol. The lowest BCUT2D eigenvalue weighted by Crippen LogP contribution is -2.56. The Morgan fingerprint density at radius 2 is 1.95 bits per heavy atom. The molecule has 0 saturated heterocycles. The molecular formula is C16H34N2O. The van der Waals surface area contributed by atoms with E-state index >= 15 is 0 Å². The van der Waals surface area contributed by atoms with Crippen LogP contribution in [0.25, 0.3) is 0 Å². The van der Waals surface area contributed by atoms with Crippen molar-refractivity contribution in [3.05, 3.63) is 0 Å². The number of nitrogens with zero attached hydrogens (tertiary/aromatic N) is 1. The summed E-state index contributed by atoms with van der Waals surface area (Å²) in [7, 11) is 1.79. The second-order valence-electron chi connectivity index (χ2n) is 6.84. The average molecular weight is 270 g/mol. The van der Waals surface area contributed by atoms with Crippen molar-refractivity contribution >= 4 is 0 Å². The van der Waals surface area contributed by atoms with Gasteiger partial charge in [-0.1, -0.05) is 27.7 Å². The second kappa shape index (κ2) is 7.61. The molecule has 0 aromatic carbocycles. The average Bonchev–Trinajstić information content (AvgIpc) is 2.38. The normalized spacial score (nSPS) is 27.2. The van der Waals surface area contributed by atoms with Gasteiger partial charge in [-0.05, 0) is 37.5 Å². The largest absolute Gasteiger partial charge is 0.383 e. The van der Waals surface area contributed by atoms with Crippen LogP contribution in [0.4, 0.5) is 0 Å². The standard InChI is InChI=1S/C16H34N2O/c1-6-13(7-2)18(10-11-19-5)15-12-16(3,4)9-8-14(15)17/h13-15H,6-12,17H2,1-5H3. The molecule has 1 saturated carbocycles. The van der Waals surface area contributed by atoms with Gasteiger partial charge in [0, 0.05) is 31.8 Å². The van der Waals surface area contributed by atoms with Gasteiger partial charge in [0.25, 0.3) is 0 Å². The van der Waals surface area contributed by atoms with Crippen LogP contribution in [0.2, 0.25) is 0 Å². The summed E-state index contributed by atoms with van der Waals surface area (Å²) in [4.78, 5) is 2.63. The minimum Gasteiger partial charge on any atom is -0.383 e. The van der Waals surface area contributed by atoms with Crippen molar-refractivity contribution in [3.63, 3.8) is 0 Å². The third-order valence-electron chi connectivity index (χ3n) is 4.80. The third kappa shape index (κ3) is 4.73. The molecule has 0 aliphatic heterocycles. The molecule has 0 heterocycles. The van der Waals surface area contributed by atoms with E-state index in [2.05, 4.69) is 32.6 Å². The highest BCUT2D eigenvalue weighted by Gasteiger charge is 2.37. The number of rotatable bonds is 7. The summed E-state index contributed by atoms with van der Waals surface area (Å²) in [6.07, 6.45) is 6.02. The molecule has 0 spiro atoms. The maximum atomic E-state index is 6.44. The van der Waals surface area contributed by atoms with Crippen LogP contribution >= 0.6 is 0 Å². The first-order chi connectivity index (χ1) is 8.95. The highest BCUT2D eigenvalue weighted by molar-refractivity contribution is 4.94. The number of nitrogens with two attached hydrogens (primary N) is 1. The maximum absolute atomic E-state index is 6.44. The van der Waals surface area contributed by atoms with Crippen LogP contribution < -0.4 is 5.73 Å². The van der Waals surface area contributed by atoms with Gasteiger partial charge in [0.2, 0.25) is 0 Å². The minimum absolute atomic E-state index is 0.325. The molecule has 1 fully saturated rings. The van der Waals surface area contributed by atoms with Crippen molar-refractivity contribution in [1.29, 1.82) is 0 Å². The summed E-state index contributed by atoms with van der Waals surface area (Å²) in [5.74, 6) is 0. The van der Waals surface area contributed by atoms with Crippen molar-refractivity contribution in [1.82, 2.24) is 4.90 Å². The van der Waals surface area contributed by atoms with Gasteiger partial charge in [-0.2, -0.15) is 0 Å². The lowest BCUT2D eigenvalue weighted by molar-refractivity contribution is 0.0243. The van der Waals surface area contributed by atoms with Crippen molar-refractivity contribution in [2.75, 3.05) is 20.3 Å². The van der Waals surface area contributed by atoms with Gasteiger partial charge in [-0.15, -0.1) is 0 Å². The van der Waals surface area contributed by atoms with E-state index in [1.54, 1.807) is 7.11 Å². The summed E-state index contributed by atoms with van der Waals surface area (Å²) in [5, 5.41) is 0. The Labute approximate surface area is 119 Å². The molecule has 0 aromatic rings. The SMILES string of the molecule is CCC(CC)N(CCOC)C1CC(C)(C)CCC1N. The van der Waals surface area contributed by atoms with Crippen LogP contribution in [0.15, 0.2) is 0 Å². The molecule has 2 atom stereocenters. The van der Waals surface area contributed by atoms with E-state index in [1.165, 1.54) is 25.7 Å². The van der Waals surface area contributed by atoms with Gasteiger partial charge in [-0.3, -0.25) is 4.90 Å². The Bertz CT molecular complexity index is 251. The highest BCUT2D eigenvalue weighted by Crippen LogP contribution is 2.37. The summed E-state index contributed by atoms with van der Waals surface area (Å²) in [6.45, 7) is 11.2. The highest BCUT2D eigenvalue weighted by atomic mass is 16.5. The Balaban J connectivity index is 2.81. The van der Waals surface area contributed by atoms with Gasteiger partial charge in [-0.25, -0.2) is 0 Å². The first kappa shape index (κ1) is 16.9. The fraction of sp³-hybridized carbons (Fsp3) is 1.00. The van der Waals surface area contributed by atoms with Gasteiger partial charge in [0.05, 0.1) is 6.61 Å². The van der Waals surface area contributed by atoms with Gasteiger partial charge in [0.1, 0.15) is 0 Å². The first-order valence-electron chi connectivity index (χ1n) is 7.95. The predicted octanol–water partition coefficient (Wildman–Crippen LogP) is 3.03. The molecule has 19 heavy (non-hydrogen) atoms. The van der Waals surface area contributed by atoms with Crippen LogP contribution in [0.3, 0.4) is 0 Å². The first-order valence-corrected chi connectivity index (χ1v) is 7.95. The van der Waals surface area contributed by atoms with Crippen LogP contribution in [-0.4, -0.2) is 43.3 Å². The summed E-state index contributed by atoms with van der Waals surface area (Å²) in [5.41, 5.74) is 6.87. The Hall–Kier alpha value is -0.120. The van der Waals surface area contributed by atoms with Crippen LogP contribution in [0.5, 0.6) is 0 Å². The van der Waals surface area contributed by atoms with Gasteiger partial charge in [0.15, 0.2) is 0 Å². The molecule has 3 nitrogen and oxygen atoms in total. The van der Waals surface area contributed by atoms with Crippen molar-refractivity contribution in [2.45, 2.75) is 77.9 Å². The summed E-state index contributed by atoms with van der Waals surface area (Å²) < 4.78 is 5.31. The van der Waals surface area contributed by atoms with E-state index in [9.17, 15) is 0 Å². The van der Waals surface area contributed by atoms with Crippen molar-refractivity contribution in [2.24, 2.45) is 11.1 Å². The lowest BCUT2D eigenvalue weighted by atomic mass is 9.72. The van der Waals surface area contributed by atoms with E-state index in [0.29, 0.717) is 23.5 Å². The van der Waals surface area contributed by atoms with Crippen LogP contribution in [0.1, 0.15) is 59.8 Å². The second-order valence-corrected chi connectivity index (χ2v) is 6.84. The van der Waals surface area contributed by atoms with Crippen molar-refractivity contribution < 1.29 is 4.74 Å². The van der Waals surface area contributed by atoms with Crippen LogP contribution in [-0.2, 0) is 4.74 Å². The summed E-state index contributed by atoms with van der Waals surface area (Å²) in [6, 6.07) is 1.48. The zero-order valence-electron chi connectivity index (χ0n) is 13.6. The minimum atomic E-state index is 0.325. The van der Waals surface area contributed by atoms with Gasteiger partial charge < -0.3 is 10.5 Å². The monoisotopic (exact) mass is 270 g/mol. The number of ether oxygens (including phenoxy) is 1. The van der Waals surface area contributed by atoms with Gasteiger partial charge >= 0.3 is 0 Å².